The van der Waals surface area contributed by atoms with Gasteiger partial charge in [0.2, 0.25) is 5.88 Å². The van der Waals surface area contributed by atoms with Crippen LogP contribution in [-0.4, -0.2) is 23.4 Å². The Morgan fingerprint density at radius 2 is 2.00 bits per heavy atom. The molecule has 3 nitrogen and oxygen atoms in total. The van der Waals surface area contributed by atoms with E-state index in [0.29, 0.717) is 5.69 Å². The van der Waals surface area contributed by atoms with E-state index in [4.69, 9.17) is 9.84 Å². The van der Waals surface area contributed by atoms with Gasteiger partial charge in [0.1, 0.15) is 0 Å². The predicted molar refractivity (Wildman–Crippen MR) is 46.5 cm³/mol. The van der Waals surface area contributed by atoms with Crippen molar-refractivity contribution in [1.82, 2.24) is 4.98 Å². The number of aliphatic hydroxyl groups is 1. The number of methoxy groups -OCH3 is 1. The van der Waals surface area contributed by atoms with Gasteiger partial charge < -0.3 is 9.84 Å². The molecule has 1 heterocycles. The molecule has 0 aliphatic rings. The lowest BCUT2D eigenvalue weighted by atomic mass is 10.1. The third-order valence-electron chi connectivity index (χ3n) is 1.79. The molecule has 0 spiro atoms. The van der Waals surface area contributed by atoms with Crippen LogP contribution in [0.5, 0.6) is 5.88 Å². The summed E-state index contributed by atoms with van der Waals surface area (Å²) in [7, 11) is 1.30. The van der Waals surface area contributed by atoms with Crippen LogP contribution < -0.4 is 4.74 Å². The van der Waals surface area contributed by atoms with Crippen molar-refractivity contribution in [3.63, 3.8) is 0 Å². The highest BCUT2D eigenvalue weighted by molar-refractivity contribution is 5.27. The SMILES string of the molecule is COc1cc(C(O)C(F)(F)F)cc(C)n1. The predicted octanol–water partition coefficient (Wildman–Crippen LogP) is 1.99. The maximum atomic E-state index is 12.2. The van der Waals surface area contributed by atoms with E-state index in [-0.39, 0.29) is 11.4 Å². The molecule has 1 unspecified atom stereocenters. The van der Waals surface area contributed by atoms with Gasteiger partial charge in [0.15, 0.2) is 6.10 Å². The van der Waals surface area contributed by atoms with Crippen LogP contribution in [0, 0.1) is 6.92 Å². The summed E-state index contributed by atoms with van der Waals surface area (Å²) >= 11 is 0. The van der Waals surface area contributed by atoms with Crippen LogP contribution in [-0.2, 0) is 0 Å². The molecule has 1 atom stereocenters. The van der Waals surface area contributed by atoms with Crippen LogP contribution in [0.2, 0.25) is 0 Å². The molecule has 1 N–H and O–H groups in total. The normalized spacial score (nSPS) is 13.7. The Labute approximate surface area is 84.5 Å². The number of aryl methyl sites for hydroxylation is 1. The van der Waals surface area contributed by atoms with Gasteiger partial charge in [-0.3, -0.25) is 0 Å². The Bertz CT molecular complexity index is 352. The average molecular weight is 221 g/mol. The monoisotopic (exact) mass is 221 g/mol. The number of aliphatic hydroxyl groups excluding tert-OH is 1. The molecule has 1 aromatic heterocycles. The van der Waals surface area contributed by atoms with Crippen molar-refractivity contribution in [2.45, 2.75) is 19.2 Å². The summed E-state index contributed by atoms with van der Waals surface area (Å²) in [6.07, 6.45) is -7.19. The van der Waals surface area contributed by atoms with Crippen molar-refractivity contribution < 1.29 is 23.0 Å². The summed E-state index contributed by atoms with van der Waals surface area (Å²) in [5.74, 6) is 0.0494. The van der Waals surface area contributed by atoms with Crippen LogP contribution in [0.1, 0.15) is 17.4 Å². The molecule has 0 saturated carbocycles. The van der Waals surface area contributed by atoms with E-state index in [2.05, 4.69) is 4.98 Å². The van der Waals surface area contributed by atoms with E-state index in [1.54, 1.807) is 0 Å². The minimum atomic E-state index is -4.68. The fourth-order valence-electron chi connectivity index (χ4n) is 1.12. The zero-order valence-corrected chi connectivity index (χ0v) is 8.17. The molecule has 0 radical (unpaired) electrons. The molecule has 0 aromatic carbocycles. The molecule has 0 aliphatic heterocycles. The van der Waals surface area contributed by atoms with Crippen molar-refractivity contribution in [1.29, 1.82) is 0 Å². The lowest BCUT2D eigenvalue weighted by molar-refractivity contribution is -0.206. The molecular formula is C9H10F3NO2. The second kappa shape index (κ2) is 4.06. The lowest BCUT2D eigenvalue weighted by Crippen LogP contribution is -2.20. The summed E-state index contributed by atoms with van der Waals surface area (Å²) in [4.78, 5) is 3.82. The average Bonchev–Trinajstić information content (AvgIpc) is 2.14. The number of alkyl halides is 3. The zero-order chi connectivity index (χ0) is 11.6. The first-order valence-corrected chi connectivity index (χ1v) is 4.12. The molecule has 0 fully saturated rings. The van der Waals surface area contributed by atoms with Crippen LogP contribution in [0.4, 0.5) is 13.2 Å². The third-order valence-corrected chi connectivity index (χ3v) is 1.79. The second-order valence-corrected chi connectivity index (χ2v) is 3.03. The smallest absolute Gasteiger partial charge is 0.418 e. The van der Waals surface area contributed by atoms with E-state index in [0.717, 1.165) is 6.07 Å². The number of rotatable bonds is 2. The minimum absolute atomic E-state index is 0.0494. The Kier molecular flexibility index (Phi) is 3.18. The Balaban J connectivity index is 3.09. The van der Waals surface area contributed by atoms with E-state index in [1.165, 1.54) is 20.1 Å². The van der Waals surface area contributed by atoms with Crippen molar-refractivity contribution in [2.24, 2.45) is 0 Å². The fourth-order valence-corrected chi connectivity index (χ4v) is 1.12. The third kappa shape index (κ3) is 2.82. The van der Waals surface area contributed by atoms with Crippen molar-refractivity contribution in [3.8, 4) is 5.88 Å². The number of halogens is 3. The van der Waals surface area contributed by atoms with E-state index < -0.39 is 12.3 Å². The molecule has 1 aromatic rings. The van der Waals surface area contributed by atoms with Gasteiger partial charge in [-0.2, -0.15) is 13.2 Å². The highest BCUT2D eigenvalue weighted by Crippen LogP contribution is 2.33. The number of nitrogens with zero attached hydrogens (tertiary/aromatic N) is 1. The summed E-state index contributed by atoms with van der Waals surface area (Å²) in [5, 5.41) is 8.99. The number of aromatic nitrogens is 1. The van der Waals surface area contributed by atoms with Crippen molar-refractivity contribution >= 4 is 0 Å². The van der Waals surface area contributed by atoms with E-state index in [1.807, 2.05) is 0 Å². The number of hydrogen-bond donors (Lipinski definition) is 1. The first-order valence-electron chi connectivity index (χ1n) is 4.12. The van der Waals surface area contributed by atoms with Gasteiger partial charge in [-0.05, 0) is 18.6 Å². The number of hydrogen-bond acceptors (Lipinski definition) is 3. The second-order valence-electron chi connectivity index (χ2n) is 3.03. The topological polar surface area (TPSA) is 42.4 Å². The Morgan fingerprint density at radius 1 is 1.40 bits per heavy atom. The van der Waals surface area contributed by atoms with Crippen LogP contribution in [0.15, 0.2) is 12.1 Å². The van der Waals surface area contributed by atoms with E-state index in [9.17, 15) is 13.2 Å². The first-order chi connectivity index (χ1) is 6.84. The van der Waals surface area contributed by atoms with Crippen molar-refractivity contribution in [3.05, 3.63) is 23.4 Å². The highest BCUT2D eigenvalue weighted by atomic mass is 19.4. The number of pyridine rings is 1. The molecular weight excluding hydrogens is 211 g/mol. The van der Waals surface area contributed by atoms with E-state index >= 15 is 0 Å². The van der Waals surface area contributed by atoms with Gasteiger partial charge in [-0.1, -0.05) is 0 Å². The van der Waals surface area contributed by atoms with Crippen molar-refractivity contribution in [2.75, 3.05) is 7.11 Å². The van der Waals surface area contributed by atoms with Crippen LogP contribution in [0.3, 0.4) is 0 Å². The molecule has 84 valence electrons. The van der Waals surface area contributed by atoms with Gasteiger partial charge >= 0.3 is 6.18 Å². The molecule has 6 heteroatoms. The molecule has 0 saturated heterocycles. The molecule has 1 rings (SSSR count). The first kappa shape index (κ1) is 11.8. The van der Waals surface area contributed by atoms with Crippen LogP contribution in [0.25, 0.3) is 0 Å². The Hall–Kier alpha value is -1.30. The van der Waals surface area contributed by atoms with Crippen LogP contribution >= 0.6 is 0 Å². The standard InChI is InChI=1S/C9H10F3NO2/c1-5-3-6(4-7(13-5)15-2)8(14)9(10,11)12/h3-4,8,14H,1-2H3. The lowest BCUT2D eigenvalue weighted by Gasteiger charge is -2.15. The van der Waals surface area contributed by atoms with Gasteiger partial charge in [-0.15, -0.1) is 0 Å². The Morgan fingerprint density at radius 3 is 2.47 bits per heavy atom. The quantitative estimate of drug-likeness (QED) is 0.830. The highest BCUT2D eigenvalue weighted by Gasteiger charge is 2.39. The number of ether oxygens (including phenoxy) is 1. The van der Waals surface area contributed by atoms with Gasteiger partial charge in [-0.25, -0.2) is 4.98 Å². The van der Waals surface area contributed by atoms with Gasteiger partial charge in [0, 0.05) is 11.8 Å². The minimum Gasteiger partial charge on any atom is -0.481 e. The van der Waals surface area contributed by atoms with Gasteiger partial charge in [0.25, 0.3) is 0 Å². The maximum absolute atomic E-state index is 12.2. The summed E-state index contributed by atoms with van der Waals surface area (Å²) < 4.78 is 41.3. The molecule has 15 heavy (non-hydrogen) atoms. The largest absolute Gasteiger partial charge is 0.481 e. The molecule has 0 amide bonds. The van der Waals surface area contributed by atoms with Gasteiger partial charge in [0.05, 0.1) is 7.11 Å². The maximum Gasteiger partial charge on any atom is 0.418 e. The molecule has 0 bridgehead atoms. The summed E-state index contributed by atoms with van der Waals surface area (Å²) in [5.41, 5.74) is 0.0829. The molecule has 0 aliphatic carbocycles. The summed E-state index contributed by atoms with van der Waals surface area (Å²) in [6, 6.07) is 2.23. The fraction of sp³-hybridized carbons (Fsp3) is 0.444. The summed E-state index contributed by atoms with van der Waals surface area (Å²) in [6.45, 7) is 1.52. The zero-order valence-electron chi connectivity index (χ0n) is 8.17.